The Morgan fingerprint density at radius 2 is 2.06 bits per heavy atom. The van der Waals surface area contributed by atoms with Crippen molar-refractivity contribution >= 4 is 22.4 Å². The van der Waals surface area contributed by atoms with Crippen LogP contribution in [0.2, 0.25) is 5.02 Å². The number of hydrogen-bond donors (Lipinski definition) is 2. The average Bonchev–Trinajstić information content (AvgIpc) is 2.82. The molecule has 1 atom stereocenters. The normalized spacial score (nSPS) is 19.9. The smallest absolute Gasteiger partial charge is 0.119 e. The van der Waals surface area contributed by atoms with E-state index in [9.17, 15) is 5.11 Å². The third-order valence-corrected chi connectivity index (χ3v) is 3.68. The molecule has 1 fully saturated rings. The number of phenols is 1. The Bertz CT molecular complexity index is 561. The van der Waals surface area contributed by atoms with Crippen LogP contribution >= 0.6 is 11.6 Å². The van der Waals surface area contributed by atoms with Gasteiger partial charge in [-0.3, -0.25) is 0 Å². The van der Waals surface area contributed by atoms with Crippen LogP contribution in [0.15, 0.2) is 30.3 Å². The van der Waals surface area contributed by atoms with E-state index in [-0.39, 0.29) is 0 Å². The van der Waals surface area contributed by atoms with Crippen LogP contribution < -0.4 is 5.32 Å². The van der Waals surface area contributed by atoms with E-state index in [0.29, 0.717) is 11.7 Å². The first kappa shape index (κ1) is 10.9. The summed E-state index contributed by atoms with van der Waals surface area (Å²) in [5.41, 5.74) is 1.03. The second-order valence-electron chi connectivity index (χ2n) is 4.59. The zero-order valence-corrected chi connectivity index (χ0v) is 10.2. The molecule has 1 aliphatic rings. The lowest BCUT2D eigenvalue weighted by Crippen LogP contribution is -2.08. The summed E-state index contributed by atoms with van der Waals surface area (Å²) < 4.78 is 0. The van der Waals surface area contributed by atoms with E-state index in [2.05, 4.69) is 11.4 Å². The Labute approximate surface area is 105 Å². The Kier molecular flexibility index (Phi) is 2.69. The van der Waals surface area contributed by atoms with Crippen molar-refractivity contribution in [2.45, 2.75) is 12.3 Å². The van der Waals surface area contributed by atoms with Gasteiger partial charge in [0.05, 0.1) is 0 Å². The molecule has 3 heteroatoms. The molecule has 0 spiro atoms. The maximum absolute atomic E-state index is 10.1. The summed E-state index contributed by atoms with van der Waals surface area (Å²) in [5.74, 6) is 0.812. The quantitative estimate of drug-likeness (QED) is 0.811. The van der Waals surface area contributed by atoms with E-state index in [0.717, 1.165) is 40.9 Å². The number of benzene rings is 2. The van der Waals surface area contributed by atoms with Gasteiger partial charge in [-0.25, -0.2) is 0 Å². The minimum atomic E-state index is 0.397. The van der Waals surface area contributed by atoms with Crippen molar-refractivity contribution in [1.82, 2.24) is 5.32 Å². The van der Waals surface area contributed by atoms with Crippen molar-refractivity contribution in [2.24, 2.45) is 0 Å². The minimum Gasteiger partial charge on any atom is -0.508 e. The average molecular weight is 248 g/mol. The van der Waals surface area contributed by atoms with Crippen LogP contribution in [0.1, 0.15) is 17.9 Å². The van der Waals surface area contributed by atoms with Gasteiger partial charge < -0.3 is 10.4 Å². The fourth-order valence-corrected chi connectivity index (χ4v) is 2.70. The molecule has 2 N–H and O–H groups in total. The first-order chi connectivity index (χ1) is 8.24. The van der Waals surface area contributed by atoms with Crippen molar-refractivity contribution in [2.75, 3.05) is 13.1 Å². The number of fused-ring (bicyclic) bond motifs is 1. The molecule has 1 saturated heterocycles. The van der Waals surface area contributed by atoms with Crippen LogP contribution in [-0.2, 0) is 0 Å². The van der Waals surface area contributed by atoms with E-state index in [4.69, 9.17) is 11.6 Å². The summed E-state index contributed by atoms with van der Waals surface area (Å²) in [6.07, 6.45) is 1.08. The highest BCUT2D eigenvalue weighted by molar-refractivity contribution is 6.31. The van der Waals surface area contributed by atoms with E-state index >= 15 is 0 Å². The van der Waals surface area contributed by atoms with Gasteiger partial charge in [0.1, 0.15) is 5.75 Å². The van der Waals surface area contributed by atoms with Gasteiger partial charge >= 0.3 is 0 Å². The van der Waals surface area contributed by atoms with Crippen molar-refractivity contribution in [3.63, 3.8) is 0 Å². The molecule has 2 aromatic rings. The predicted octanol–water partition coefficient (Wildman–Crippen LogP) is 3.28. The number of hydrogen-bond acceptors (Lipinski definition) is 2. The van der Waals surface area contributed by atoms with Gasteiger partial charge in [0.15, 0.2) is 0 Å². The summed E-state index contributed by atoms with van der Waals surface area (Å²) in [5, 5.41) is 16.3. The molecule has 0 saturated carbocycles. The van der Waals surface area contributed by atoms with E-state index < -0.39 is 0 Å². The van der Waals surface area contributed by atoms with Gasteiger partial charge in [0.25, 0.3) is 0 Å². The summed E-state index contributed by atoms with van der Waals surface area (Å²) >= 11 is 6.00. The summed E-state index contributed by atoms with van der Waals surface area (Å²) in [6, 6.07) is 9.63. The fraction of sp³-hybridized carbons (Fsp3) is 0.286. The number of nitrogens with one attached hydrogen (secondary N) is 1. The predicted molar refractivity (Wildman–Crippen MR) is 70.9 cm³/mol. The number of phenolic OH excluding ortho intramolecular Hbond substituents is 1. The third-order valence-electron chi connectivity index (χ3n) is 3.45. The first-order valence-electron chi connectivity index (χ1n) is 5.87. The third kappa shape index (κ3) is 1.99. The maximum Gasteiger partial charge on any atom is 0.119 e. The molecular weight excluding hydrogens is 234 g/mol. The zero-order valence-electron chi connectivity index (χ0n) is 9.41. The molecule has 88 valence electrons. The molecule has 1 aliphatic heterocycles. The Morgan fingerprint density at radius 1 is 1.18 bits per heavy atom. The van der Waals surface area contributed by atoms with Gasteiger partial charge in [-0.15, -0.1) is 0 Å². The summed E-state index contributed by atoms with van der Waals surface area (Å²) in [6.45, 7) is 1.97. The minimum absolute atomic E-state index is 0.397. The van der Waals surface area contributed by atoms with E-state index in [1.807, 2.05) is 24.3 Å². The van der Waals surface area contributed by atoms with Crippen LogP contribution in [0.4, 0.5) is 0 Å². The largest absolute Gasteiger partial charge is 0.508 e. The molecule has 0 aromatic heterocycles. The zero-order chi connectivity index (χ0) is 11.8. The molecule has 1 heterocycles. The number of rotatable bonds is 1. The molecule has 3 rings (SSSR count). The van der Waals surface area contributed by atoms with Gasteiger partial charge in [0.2, 0.25) is 0 Å². The Hall–Kier alpha value is -1.25. The standard InChI is InChI=1S/C14H14ClNO/c15-12-2-1-9-7-14(17)13(6-11(9)5-12)10-3-4-16-8-10/h1-2,5-7,10,16-17H,3-4,8H2. The SMILES string of the molecule is Oc1cc2ccc(Cl)cc2cc1C1CCNC1. The van der Waals surface area contributed by atoms with E-state index in [1.165, 1.54) is 0 Å². The van der Waals surface area contributed by atoms with Crippen molar-refractivity contribution in [3.8, 4) is 5.75 Å². The fourth-order valence-electron chi connectivity index (χ4n) is 2.52. The summed E-state index contributed by atoms with van der Waals surface area (Å²) in [4.78, 5) is 0. The molecule has 0 radical (unpaired) electrons. The maximum atomic E-state index is 10.1. The van der Waals surface area contributed by atoms with Crippen molar-refractivity contribution in [3.05, 3.63) is 40.9 Å². The van der Waals surface area contributed by atoms with Gasteiger partial charge in [-0.05, 0) is 53.6 Å². The lowest BCUT2D eigenvalue weighted by Gasteiger charge is -2.12. The first-order valence-corrected chi connectivity index (χ1v) is 6.25. The van der Waals surface area contributed by atoms with Crippen LogP contribution in [0, 0.1) is 0 Å². The van der Waals surface area contributed by atoms with Crippen LogP contribution in [0.25, 0.3) is 10.8 Å². The van der Waals surface area contributed by atoms with Crippen LogP contribution in [0.5, 0.6) is 5.75 Å². The topological polar surface area (TPSA) is 32.3 Å². The molecule has 17 heavy (non-hydrogen) atoms. The highest BCUT2D eigenvalue weighted by atomic mass is 35.5. The van der Waals surface area contributed by atoms with Crippen LogP contribution in [0.3, 0.4) is 0 Å². The lowest BCUT2D eigenvalue weighted by molar-refractivity contribution is 0.463. The lowest BCUT2D eigenvalue weighted by atomic mass is 9.94. The molecule has 1 unspecified atom stereocenters. The van der Waals surface area contributed by atoms with Crippen molar-refractivity contribution < 1.29 is 5.11 Å². The highest BCUT2D eigenvalue weighted by Crippen LogP contribution is 2.34. The van der Waals surface area contributed by atoms with E-state index in [1.54, 1.807) is 0 Å². The molecule has 0 bridgehead atoms. The number of aromatic hydroxyl groups is 1. The van der Waals surface area contributed by atoms with Gasteiger partial charge in [-0.1, -0.05) is 17.7 Å². The molecule has 2 nitrogen and oxygen atoms in total. The highest BCUT2D eigenvalue weighted by Gasteiger charge is 2.20. The number of halogens is 1. The molecular formula is C14H14ClNO. The second-order valence-corrected chi connectivity index (χ2v) is 5.03. The molecule has 0 aliphatic carbocycles. The molecule has 0 amide bonds. The Balaban J connectivity index is 2.14. The monoisotopic (exact) mass is 247 g/mol. The van der Waals surface area contributed by atoms with Crippen LogP contribution in [-0.4, -0.2) is 18.2 Å². The van der Waals surface area contributed by atoms with Gasteiger partial charge in [0, 0.05) is 17.5 Å². The second kappa shape index (κ2) is 4.21. The Morgan fingerprint density at radius 3 is 2.82 bits per heavy atom. The van der Waals surface area contributed by atoms with Gasteiger partial charge in [-0.2, -0.15) is 0 Å². The van der Waals surface area contributed by atoms with Crippen molar-refractivity contribution in [1.29, 1.82) is 0 Å². The summed E-state index contributed by atoms with van der Waals surface area (Å²) in [7, 11) is 0. The molecule has 2 aromatic carbocycles.